The van der Waals surface area contributed by atoms with Crippen LogP contribution in [0, 0.1) is 0 Å². The van der Waals surface area contributed by atoms with Crippen molar-refractivity contribution in [1.82, 2.24) is 0 Å². The van der Waals surface area contributed by atoms with Crippen molar-refractivity contribution in [1.29, 1.82) is 0 Å². The highest BCUT2D eigenvalue weighted by Crippen LogP contribution is 2.37. The Kier molecular flexibility index (Phi) is 2.44. The second-order valence-electron chi connectivity index (χ2n) is 5.09. The number of aliphatic carboxylic acids is 1. The lowest BCUT2D eigenvalue weighted by atomic mass is 9.93. The fourth-order valence-electron chi connectivity index (χ4n) is 2.67. The Hall–Kier alpha value is -1.35. The second-order valence-corrected chi connectivity index (χ2v) is 5.09. The number of benzene rings is 1. The molecule has 3 heteroatoms. The molecule has 1 fully saturated rings. The van der Waals surface area contributed by atoms with Crippen LogP contribution in [-0.4, -0.2) is 22.8 Å². The van der Waals surface area contributed by atoms with Gasteiger partial charge in [-0.2, -0.15) is 0 Å². The van der Waals surface area contributed by atoms with E-state index in [4.69, 9.17) is 4.74 Å². The average Bonchev–Trinajstić information content (AvgIpc) is 2.63. The molecule has 1 N–H and O–H groups in total. The molecular formula is C14H16O3. The molecule has 1 saturated carbocycles. The van der Waals surface area contributed by atoms with Crippen LogP contribution in [-0.2, 0) is 22.4 Å². The molecule has 3 rings (SSSR count). The zero-order valence-corrected chi connectivity index (χ0v) is 9.69. The van der Waals surface area contributed by atoms with Crippen molar-refractivity contribution in [3.63, 3.8) is 0 Å². The molecule has 90 valence electrons. The second kappa shape index (κ2) is 3.84. The average molecular weight is 232 g/mol. The van der Waals surface area contributed by atoms with Crippen molar-refractivity contribution in [3.8, 4) is 0 Å². The summed E-state index contributed by atoms with van der Waals surface area (Å²) >= 11 is 0. The minimum atomic E-state index is -1.01. The third-order valence-electron chi connectivity index (χ3n) is 3.90. The SMILES string of the molecule is O=C(O)C1(OC2CCC2)Cc2ccccc2C1. The normalized spacial score (nSPS) is 21.9. The summed E-state index contributed by atoms with van der Waals surface area (Å²) in [6, 6.07) is 7.93. The van der Waals surface area contributed by atoms with Crippen molar-refractivity contribution >= 4 is 5.97 Å². The number of rotatable bonds is 3. The number of ether oxygens (including phenoxy) is 1. The first kappa shape index (κ1) is 10.8. The maximum absolute atomic E-state index is 11.5. The maximum atomic E-state index is 11.5. The standard InChI is InChI=1S/C14H16O3/c15-13(16)14(17-12-6-3-7-12)8-10-4-1-2-5-11(10)9-14/h1-2,4-5,12H,3,6-9H2,(H,15,16). The number of carboxylic acid groups (broad SMARTS) is 1. The molecule has 0 saturated heterocycles. The van der Waals surface area contributed by atoms with Crippen LogP contribution in [0.4, 0.5) is 0 Å². The van der Waals surface area contributed by atoms with E-state index < -0.39 is 11.6 Å². The topological polar surface area (TPSA) is 46.5 Å². The highest BCUT2D eigenvalue weighted by atomic mass is 16.5. The van der Waals surface area contributed by atoms with Gasteiger partial charge in [-0.25, -0.2) is 4.79 Å². The van der Waals surface area contributed by atoms with Gasteiger partial charge in [0.1, 0.15) is 0 Å². The van der Waals surface area contributed by atoms with Gasteiger partial charge < -0.3 is 9.84 Å². The molecular weight excluding hydrogens is 216 g/mol. The summed E-state index contributed by atoms with van der Waals surface area (Å²) in [5.74, 6) is -0.819. The first-order chi connectivity index (χ1) is 8.20. The van der Waals surface area contributed by atoms with E-state index >= 15 is 0 Å². The van der Waals surface area contributed by atoms with Crippen LogP contribution in [0.1, 0.15) is 30.4 Å². The molecule has 2 aliphatic rings. The van der Waals surface area contributed by atoms with Crippen LogP contribution in [0.2, 0.25) is 0 Å². The Labute approximate surface area is 100 Å². The Morgan fingerprint density at radius 3 is 2.24 bits per heavy atom. The Balaban J connectivity index is 1.86. The molecule has 1 aromatic carbocycles. The third-order valence-corrected chi connectivity index (χ3v) is 3.90. The van der Waals surface area contributed by atoms with E-state index in [0.717, 1.165) is 30.4 Å². The lowest BCUT2D eigenvalue weighted by molar-refractivity contribution is -0.178. The number of carbonyl (C=O) groups is 1. The van der Waals surface area contributed by atoms with Crippen molar-refractivity contribution < 1.29 is 14.6 Å². The zero-order valence-electron chi connectivity index (χ0n) is 9.69. The zero-order chi connectivity index (χ0) is 11.9. The van der Waals surface area contributed by atoms with E-state index in [1.54, 1.807) is 0 Å². The molecule has 2 aliphatic carbocycles. The molecule has 0 heterocycles. The first-order valence-corrected chi connectivity index (χ1v) is 6.18. The van der Waals surface area contributed by atoms with E-state index in [1.165, 1.54) is 0 Å². The van der Waals surface area contributed by atoms with Gasteiger partial charge in [-0.1, -0.05) is 24.3 Å². The van der Waals surface area contributed by atoms with Gasteiger partial charge in [-0.05, 0) is 30.4 Å². The summed E-state index contributed by atoms with van der Waals surface area (Å²) < 4.78 is 5.88. The van der Waals surface area contributed by atoms with Gasteiger partial charge in [0.05, 0.1) is 6.10 Å². The third kappa shape index (κ3) is 1.75. The first-order valence-electron chi connectivity index (χ1n) is 6.18. The monoisotopic (exact) mass is 232 g/mol. The Morgan fingerprint density at radius 1 is 1.24 bits per heavy atom. The van der Waals surface area contributed by atoms with Gasteiger partial charge in [0.25, 0.3) is 0 Å². The van der Waals surface area contributed by atoms with E-state index in [9.17, 15) is 9.90 Å². The smallest absolute Gasteiger partial charge is 0.336 e. The highest BCUT2D eigenvalue weighted by molar-refractivity contribution is 5.80. The molecule has 0 atom stereocenters. The minimum Gasteiger partial charge on any atom is -0.479 e. The van der Waals surface area contributed by atoms with E-state index in [0.29, 0.717) is 12.8 Å². The predicted octanol–water partition coefficient (Wildman–Crippen LogP) is 2.18. The van der Waals surface area contributed by atoms with Crippen LogP contribution in [0.25, 0.3) is 0 Å². The van der Waals surface area contributed by atoms with Gasteiger partial charge in [0, 0.05) is 12.8 Å². The van der Waals surface area contributed by atoms with Gasteiger partial charge in [0.2, 0.25) is 0 Å². The highest BCUT2D eigenvalue weighted by Gasteiger charge is 2.47. The van der Waals surface area contributed by atoms with Gasteiger partial charge >= 0.3 is 5.97 Å². The van der Waals surface area contributed by atoms with E-state index in [-0.39, 0.29) is 6.10 Å². The van der Waals surface area contributed by atoms with Crippen LogP contribution >= 0.6 is 0 Å². The molecule has 0 aliphatic heterocycles. The quantitative estimate of drug-likeness (QED) is 0.868. The molecule has 0 bridgehead atoms. The minimum absolute atomic E-state index is 0.153. The van der Waals surface area contributed by atoms with Crippen molar-refractivity contribution in [3.05, 3.63) is 35.4 Å². The molecule has 0 unspecified atom stereocenters. The fourth-order valence-corrected chi connectivity index (χ4v) is 2.67. The van der Waals surface area contributed by atoms with E-state index in [2.05, 4.69) is 0 Å². The van der Waals surface area contributed by atoms with Crippen LogP contribution < -0.4 is 0 Å². The predicted molar refractivity (Wildman–Crippen MR) is 62.9 cm³/mol. The number of hydrogen-bond donors (Lipinski definition) is 1. The summed E-state index contributed by atoms with van der Waals surface area (Å²) in [5.41, 5.74) is 1.23. The lowest BCUT2D eigenvalue weighted by Crippen LogP contribution is -2.46. The van der Waals surface area contributed by atoms with Crippen molar-refractivity contribution in [2.24, 2.45) is 0 Å². The molecule has 1 aromatic rings. The fraction of sp³-hybridized carbons (Fsp3) is 0.500. The van der Waals surface area contributed by atoms with Crippen molar-refractivity contribution in [2.45, 2.75) is 43.8 Å². The van der Waals surface area contributed by atoms with Crippen molar-refractivity contribution in [2.75, 3.05) is 0 Å². The summed E-state index contributed by atoms with van der Waals surface area (Å²) in [7, 11) is 0. The summed E-state index contributed by atoms with van der Waals surface area (Å²) in [6.45, 7) is 0. The lowest BCUT2D eigenvalue weighted by Gasteiger charge is -2.34. The van der Waals surface area contributed by atoms with Crippen LogP contribution in [0.5, 0.6) is 0 Å². The largest absolute Gasteiger partial charge is 0.479 e. The number of hydrogen-bond acceptors (Lipinski definition) is 2. The molecule has 3 nitrogen and oxygen atoms in total. The molecule has 0 spiro atoms. The van der Waals surface area contributed by atoms with E-state index in [1.807, 2.05) is 24.3 Å². The number of carboxylic acids is 1. The molecule has 17 heavy (non-hydrogen) atoms. The Bertz CT molecular complexity index is 424. The summed E-state index contributed by atoms with van der Waals surface area (Å²) in [5, 5.41) is 9.48. The summed E-state index contributed by atoms with van der Waals surface area (Å²) in [6.07, 6.45) is 4.34. The van der Waals surface area contributed by atoms with Crippen LogP contribution in [0.15, 0.2) is 24.3 Å². The Morgan fingerprint density at radius 2 is 1.82 bits per heavy atom. The summed E-state index contributed by atoms with van der Waals surface area (Å²) in [4.78, 5) is 11.5. The van der Waals surface area contributed by atoms with Gasteiger partial charge in [-0.3, -0.25) is 0 Å². The van der Waals surface area contributed by atoms with Gasteiger partial charge in [-0.15, -0.1) is 0 Å². The molecule has 0 aromatic heterocycles. The number of fused-ring (bicyclic) bond motifs is 1. The van der Waals surface area contributed by atoms with Gasteiger partial charge in [0.15, 0.2) is 5.60 Å². The van der Waals surface area contributed by atoms with Crippen LogP contribution in [0.3, 0.4) is 0 Å². The maximum Gasteiger partial charge on any atom is 0.336 e. The molecule has 0 radical (unpaired) electrons. The molecule has 0 amide bonds.